The van der Waals surface area contributed by atoms with Crippen LogP contribution >= 0.6 is 0 Å². The lowest BCUT2D eigenvalue weighted by atomic mass is 9.92. The van der Waals surface area contributed by atoms with Crippen molar-refractivity contribution in [2.45, 2.75) is 100 Å². The smallest absolute Gasteiger partial charge is 0.355 e. The number of nitrogens with one attached hydrogen (secondary N) is 3. The summed E-state index contributed by atoms with van der Waals surface area (Å²) < 4.78 is 68.9. The second-order valence-electron chi connectivity index (χ2n) is 11.0. The van der Waals surface area contributed by atoms with E-state index < -0.39 is 27.7 Å². The molecule has 0 bridgehead atoms. The molecule has 3 heterocycles. The first kappa shape index (κ1) is 28.1. The van der Waals surface area contributed by atoms with Gasteiger partial charge in [0, 0.05) is 25.7 Å². The summed E-state index contributed by atoms with van der Waals surface area (Å²) in [4.78, 5) is 12.5. The van der Waals surface area contributed by atoms with Crippen LogP contribution in [-0.2, 0) is 19.6 Å². The van der Waals surface area contributed by atoms with E-state index in [-0.39, 0.29) is 37.6 Å². The van der Waals surface area contributed by atoms with E-state index in [1.54, 1.807) is 4.31 Å². The average molecular weight is 539 g/mol. The van der Waals surface area contributed by atoms with Gasteiger partial charge in [-0.3, -0.25) is 9.53 Å². The van der Waals surface area contributed by atoms with E-state index in [1.807, 2.05) is 0 Å². The lowest BCUT2D eigenvalue weighted by Gasteiger charge is -2.36. The van der Waals surface area contributed by atoms with E-state index in [1.165, 1.54) is 0 Å². The van der Waals surface area contributed by atoms with Crippen molar-refractivity contribution in [2.24, 2.45) is 11.8 Å². The highest BCUT2D eigenvalue weighted by Gasteiger charge is 2.41. The predicted molar refractivity (Wildman–Crippen MR) is 130 cm³/mol. The Morgan fingerprint density at radius 3 is 2.42 bits per heavy atom. The van der Waals surface area contributed by atoms with E-state index in [0.29, 0.717) is 37.5 Å². The Bertz CT molecular complexity index is 814. The number of hydrogen-bond donors (Lipinski definition) is 3. The second kappa shape index (κ2) is 12.3. The summed E-state index contributed by atoms with van der Waals surface area (Å²) in [5, 5.41) is 9.33. The highest BCUT2D eigenvalue weighted by atomic mass is 32.2. The number of ether oxygens (including phenoxy) is 1. The van der Waals surface area contributed by atoms with Gasteiger partial charge in [-0.15, -0.1) is 13.2 Å². The summed E-state index contributed by atoms with van der Waals surface area (Å²) in [5.41, 5.74) is 0. The lowest BCUT2D eigenvalue weighted by molar-refractivity contribution is -0.345. The minimum Gasteiger partial charge on any atom is -0.355 e. The second-order valence-corrected chi connectivity index (χ2v) is 13.2. The molecular formula is C24H41F3N4O4S. The summed E-state index contributed by atoms with van der Waals surface area (Å²) in [5.74, 6) is 1.11. The first-order valence-corrected chi connectivity index (χ1v) is 15.1. The van der Waals surface area contributed by atoms with Crippen molar-refractivity contribution in [1.29, 1.82) is 0 Å². The number of halogens is 3. The molecule has 3 N–H and O–H groups in total. The minimum atomic E-state index is -4.67. The van der Waals surface area contributed by atoms with Gasteiger partial charge in [0.05, 0.1) is 17.4 Å². The Kier molecular flexibility index (Phi) is 9.57. The molecule has 12 heteroatoms. The van der Waals surface area contributed by atoms with Crippen molar-refractivity contribution >= 4 is 15.9 Å². The molecule has 3 aliphatic heterocycles. The molecule has 4 rings (SSSR count). The molecule has 0 radical (unpaired) electrons. The van der Waals surface area contributed by atoms with Gasteiger partial charge in [0.15, 0.2) is 0 Å². The van der Waals surface area contributed by atoms with Crippen molar-refractivity contribution in [1.82, 2.24) is 20.3 Å². The van der Waals surface area contributed by atoms with E-state index in [0.717, 1.165) is 58.0 Å². The van der Waals surface area contributed by atoms with E-state index in [4.69, 9.17) is 0 Å². The van der Waals surface area contributed by atoms with Crippen molar-refractivity contribution in [3.63, 3.8) is 0 Å². The quantitative estimate of drug-likeness (QED) is 0.390. The number of fused-ring (bicyclic) bond motifs is 1. The number of carbonyl (C=O) groups excluding carboxylic acids is 1. The summed E-state index contributed by atoms with van der Waals surface area (Å²) >= 11 is 0. The van der Waals surface area contributed by atoms with Crippen LogP contribution in [0, 0.1) is 11.8 Å². The largest absolute Gasteiger partial charge is 0.522 e. The Morgan fingerprint density at radius 1 is 1.03 bits per heavy atom. The normalized spacial score (nSPS) is 32.8. The number of unbranched alkanes of at least 4 members (excludes halogenated alkanes) is 1. The number of amides is 1. The fraction of sp³-hybridized carbons (Fsp3) is 0.958. The minimum absolute atomic E-state index is 0.0848. The first-order chi connectivity index (χ1) is 17.1. The monoisotopic (exact) mass is 538 g/mol. The van der Waals surface area contributed by atoms with E-state index in [9.17, 15) is 26.4 Å². The molecule has 8 nitrogen and oxygen atoms in total. The van der Waals surface area contributed by atoms with Gasteiger partial charge in [0.25, 0.3) is 0 Å². The van der Waals surface area contributed by atoms with Gasteiger partial charge in [0.1, 0.15) is 0 Å². The predicted octanol–water partition coefficient (Wildman–Crippen LogP) is 2.50. The molecule has 3 unspecified atom stereocenters. The third-order valence-corrected chi connectivity index (χ3v) is 10.9. The molecule has 36 heavy (non-hydrogen) atoms. The van der Waals surface area contributed by atoms with E-state index in [2.05, 4.69) is 20.7 Å². The standard InChI is InChI=1S/C24H41F3N4O4S/c25-24(26,27)35-19-4-6-20(7-5-19)36(33,34)31-13-9-17(10-14-31)3-1-2-11-29-23(32)22-15-18-16-28-12-8-21(18)30-22/h17-22,28,30H,1-16H2,(H,29,32). The summed E-state index contributed by atoms with van der Waals surface area (Å²) in [7, 11) is -3.49. The van der Waals surface area contributed by atoms with Crippen molar-refractivity contribution in [3.8, 4) is 0 Å². The van der Waals surface area contributed by atoms with Crippen LogP contribution in [0.25, 0.3) is 0 Å². The van der Waals surface area contributed by atoms with Crippen LogP contribution in [0.1, 0.15) is 70.6 Å². The van der Waals surface area contributed by atoms with Crippen LogP contribution < -0.4 is 16.0 Å². The summed E-state index contributed by atoms with van der Waals surface area (Å²) in [6.45, 7) is 3.62. The number of hydrogen-bond acceptors (Lipinski definition) is 6. The fourth-order valence-electron chi connectivity index (χ4n) is 6.39. The number of nitrogens with zero attached hydrogens (tertiary/aromatic N) is 1. The molecule has 0 spiro atoms. The van der Waals surface area contributed by atoms with Crippen LogP contribution in [0.2, 0.25) is 0 Å². The van der Waals surface area contributed by atoms with Crippen LogP contribution in [0.15, 0.2) is 0 Å². The summed E-state index contributed by atoms with van der Waals surface area (Å²) in [6.07, 6.45) is 1.55. The molecule has 0 aromatic rings. The summed E-state index contributed by atoms with van der Waals surface area (Å²) in [6, 6.07) is 0.369. The Morgan fingerprint density at radius 2 is 1.75 bits per heavy atom. The fourth-order valence-corrected chi connectivity index (χ4v) is 8.40. The van der Waals surface area contributed by atoms with Gasteiger partial charge in [0.2, 0.25) is 15.9 Å². The van der Waals surface area contributed by atoms with Gasteiger partial charge in [-0.1, -0.05) is 12.8 Å². The molecule has 0 aromatic carbocycles. The topological polar surface area (TPSA) is 99.8 Å². The van der Waals surface area contributed by atoms with Crippen LogP contribution in [0.5, 0.6) is 0 Å². The number of alkyl halides is 3. The number of piperidine rings is 2. The number of sulfonamides is 1. The SMILES string of the molecule is O=C(NCCCCC1CCN(S(=O)(=O)C2CCC(OC(F)(F)F)CC2)CC1)C1CC2CNCCC2N1. The molecular weight excluding hydrogens is 497 g/mol. The molecule has 1 saturated carbocycles. The van der Waals surface area contributed by atoms with Crippen molar-refractivity contribution in [3.05, 3.63) is 0 Å². The molecule has 4 aliphatic rings. The molecule has 4 fully saturated rings. The van der Waals surface area contributed by atoms with Gasteiger partial charge in [-0.05, 0) is 82.7 Å². The zero-order valence-corrected chi connectivity index (χ0v) is 21.7. The molecule has 208 valence electrons. The maximum absolute atomic E-state index is 13.0. The maximum Gasteiger partial charge on any atom is 0.522 e. The zero-order valence-electron chi connectivity index (χ0n) is 20.9. The van der Waals surface area contributed by atoms with Crippen LogP contribution in [0.4, 0.5) is 13.2 Å². The Labute approximate surface area is 212 Å². The van der Waals surface area contributed by atoms with Gasteiger partial charge < -0.3 is 16.0 Å². The van der Waals surface area contributed by atoms with Gasteiger partial charge in [-0.25, -0.2) is 12.7 Å². The third kappa shape index (κ3) is 7.55. The molecule has 1 aliphatic carbocycles. The van der Waals surface area contributed by atoms with E-state index >= 15 is 0 Å². The highest BCUT2D eigenvalue weighted by Crippen LogP contribution is 2.33. The highest BCUT2D eigenvalue weighted by molar-refractivity contribution is 7.89. The molecule has 3 saturated heterocycles. The van der Waals surface area contributed by atoms with Gasteiger partial charge in [-0.2, -0.15) is 0 Å². The zero-order chi connectivity index (χ0) is 25.8. The molecule has 0 aromatic heterocycles. The molecule has 3 atom stereocenters. The van der Waals surface area contributed by atoms with Crippen LogP contribution in [0.3, 0.4) is 0 Å². The average Bonchev–Trinajstić information content (AvgIpc) is 3.28. The Balaban J connectivity index is 1.08. The van der Waals surface area contributed by atoms with Gasteiger partial charge >= 0.3 is 6.36 Å². The van der Waals surface area contributed by atoms with Crippen LogP contribution in [-0.4, -0.2) is 81.2 Å². The van der Waals surface area contributed by atoms with Crippen molar-refractivity contribution < 1.29 is 31.1 Å². The number of rotatable bonds is 9. The first-order valence-electron chi connectivity index (χ1n) is 13.6. The van der Waals surface area contributed by atoms with Crippen molar-refractivity contribution in [2.75, 3.05) is 32.7 Å². The Hall–Kier alpha value is -0.950. The number of carbonyl (C=O) groups is 1. The molecule has 1 amide bonds. The maximum atomic E-state index is 13.0. The lowest BCUT2D eigenvalue weighted by Crippen LogP contribution is -2.45. The third-order valence-electron chi connectivity index (χ3n) is 8.49.